The van der Waals surface area contributed by atoms with Crippen molar-refractivity contribution in [1.29, 1.82) is 0 Å². The topological polar surface area (TPSA) is 75.6 Å². The van der Waals surface area contributed by atoms with E-state index in [-0.39, 0.29) is 26.3 Å². The van der Waals surface area contributed by atoms with Gasteiger partial charge in [-0.05, 0) is 0 Å². The number of fused-ring (bicyclic) bond motifs is 2. The molecule has 0 radical (unpaired) electrons. The van der Waals surface area contributed by atoms with Crippen LogP contribution in [0.4, 0.5) is 23.0 Å². The SMILES string of the molecule is c1ccc(Nc2nc([Se][Se][Se]c3nc(Nc4ccccc4)c4ccccc4n3)nc3ccccc23)cc1. The summed E-state index contributed by atoms with van der Waals surface area (Å²) in [6.07, 6.45) is 0. The maximum absolute atomic E-state index is 4.93. The monoisotopic (exact) mass is 680 g/mol. The van der Waals surface area contributed by atoms with Crippen molar-refractivity contribution >= 4 is 91.8 Å². The van der Waals surface area contributed by atoms with Crippen molar-refractivity contribution in [3.63, 3.8) is 0 Å². The number of para-hydroxylation sites is 4. The Hall–Kier alpha value is -3.28. The van der Waals surface area contributed by atoms with Gasteiger partial charge in [0.1, 0.15) is 0 Å². The predicted octanol–water partition coefficient (Wildman–Crippen LogP) is 3.95. The molecule has 0 saturated heterocycles. The van der Waals surface area contributed by atoms with Gasteiger partial charge in [-0.15, -0.1) is 0 Å². The standard InChI is InChI=1S/C28H20N6Se3/c1-3-11-19(12-4-1)29-25-21-15-7-9-17-23(21)31-27(33-25)35-37-36-28-32-24-18-10-8-16-22(24)26(34-28)30-20-13-5-2-6-14-20/h1-18H,(H,29,31,33)(H,30,32,34). The molecule has 9 heteroatoms. The van der Waals surface area contributed by atoms with E-state index < -0.39 is 0 Å². The number of rotatable bonds is 8. The van der Waals surface area contributed by atoms with Crippen LogP contribution in [0.5, 0.6) is 0 Å². The van der Waals surface area contributed by atoms with E-state index in [4.69, 9.17) is 19.9 Å². The van der Waals surface area contributed by atoms with Gasteiger partial charge in [0.2, 0.25) is 0 Å². The van der Waals surface area contributed by atoms with Crippen LogP contribution in [0.1, 0.15) is 0 Å². The maximum atomic E-state index is 4.93. The molecule has 6 nitrogen and oxygen atoms in total. The fraction of sp³-hybridized carbons (Fsp3) is 0. The zero-order valence-corrected chi connectivity index (χ0v) is 24.5. The first-order valence-corrected chi connectivity index (χ1v) is 21.9. The minimum atomic E-state index is 0.159. The molecular weight excluding hydrogens is 657 g/mol. The molecule has 4 aromatic carbocycles. The van der Waals surface area contributed by atoms with Gasteiger partial charge in [0.15, 0.2) is 0 Å². The molecule has 0 spiro atoms. The van der Waals surface area contributed by atoms with Crippen LogP contribution in [-0.4, -0.2) is 57.5 Å². The molecule has 0 saturated carbocycles. The number of nitrogens with zero attached hydrogens (tertiary/aromatic N) is 4. The van der Waals surface area contributed by atoms with Crippen molar-refractivity contribution < 1.29 is 0 Å². The Morgan fingerprint density at radius 3 is 1.30 bits per heavy atom. The normalized spacial score (nSPS) is 11.0. The quantitative estimate of drug-likeness (QED) is 0.238. The summed E-state index contributed by atoms with van der Waals surface area (Å²) < 4.78 is 1.82. The van der Waals surface area contributed by atoms with E-state index in [1.54, 1.807) is 0 Å². The van der Waals surface area contributed by atoms with Gasteiger partial charge in [0.25, 0.3) is 0 Å². The third-order valence-corrected chi connectivity index (χ3v) is 19.6. The molecule has 37 heavy (non-hydrogen) atoms. The summed E-state index contributed by atoms with van der Waals surface area (Å²) in [5, 5.41) is 9.02. The van der Waals surface area contributed by atoms with E-state index in [9.17, 15) is 0 Å². The first kappa shape index (κ1) is 24.1. The van der Waals surface area contributed by atoms with Gasteiger partial charge in [-0.3, -0.25) is 0 Å². The van der Waals surface area contributed by atoms with Gasteiger partial charge >= 0.3 is 232 Å². The number of hydrogen-bond acceptors (Lipinski definition) is 6. The van der Waals surface area contributed by atoms with Crippen LogP contribution >= 0.6 is 0 Å². The Morgan fingerprint density at radius 1 is 0.432 bits per heavy atom. The number of benzene rings is 4. The minimum absolute atomic E-state index is 0.159. The second kappa shape index (κ2) is 11.4. The Balaban J connectivity index is 1.23. The molecule has 0 aliphatic rings. The summed E-state index contributed by atoms with van der Waals surface area (Å²) in [6, 6.07) is 36.6. The zero-order chi connectivity index (χ0) is 24.9. The summed E-state index contributed by atoms with van der Waals surface area (Å²) in [5.74, 6) is 1.71. The van der Waals surface area contributed by atoms with Crippen LogP contribution < -0.4 is 20.1 Å². The van der Waals surface area contributed by atoms with E-state index >= 15 is 0 Å². The van der Waals surface area contributed by atoms with Crippen LogP contribution in [0.25, 0.3) is 21.8 Å². The molecule has 6 aromatic rings. The molecule has 0 fully saturated rings. The van der Waals surface area contributed by atoms with E-state index in [0.717, 1.165) is 54.3 Å². The second-order valence-corrected chi connectivity index (χ2v) is 23.3. The molecule has 180 valence electrons. The van der Waals surface area contributed by atoms with Crippen LogP contribution in [0, 0.1) is 0 Å². The molecule has 0 bridgehead atoms. The van der Waals surface area contributed by atoms with Crippen molar-refractivity contribution in [3.8, 4) is 0 Å². The van der Waals surface area contributed by atoms with Gasteiger partial charge in [-0.2, -0.15) is 0 Å². The third-order valence-electron chi connectivity index (χ3n) is 5.46. The van der Waals surface area contributed by atoms with E-state index in [2.05, 4.69) is 34.9 Å². The van der Waals surface area contributed by atoms with E-state index in [1.165, 1.54) is 0 Å². The first-order valence-electron chi connectivity index (χ1n) is 11.5. The fourth-order valence-electron chi connectivity index (χ4n) is 3.77. The van der Waals surface area contributed by atoms with Crippen molar-refractivity contribution in [2.45, 2.75) is 0 Å². The van der Waals surface area contributed by atoms with Gasteiger partial charge in [-0.1, -0.05) is 0 Å². The molecule has 6 rings (SSSR count). The van der Waals surface area contributed by atoms with Crippen LogP contribution in [0.2, 0.25) is 0 Å². The number of nitrogens with one attached hydrogen (secondary N) is 2. The summed E-state index contributed by atoms with van der Waals surface area (Å²) in [4.78, 5) is 19.6. The number of anilines is 4. The fourth-order valence-corrected chi connectivity index (χ4v) is 17.4. The van der Waals surface area contributed by atoms with Crippen molar-refractivity contribution in [2.75, 3.05) is 10.6 Å². The summed E-state index contributed by atoms with van der Waals surface area (Å²) in [5.41, 5.74) is 3.96. The second-order valence-electron chi connectivity index (χ2n) is 7.96. The average Bonchev–Trinajstić information content (AvgIpc) is 2.94. The van der Waals surface area contributed by atoms with Gasteiger partial charge in [-0.25, -0.2) is 0 Å². The Morgan fingerprint density at radius 2 is 0.838 bits per heavy atom. The van der Waals surface area contributed by atoms with Crippen molar-refractivity contribution in [2.24, 2.45) is 0 Å². The van der Waals surface area contributed by atoms with E-state index in [1.807, 2.05) is 84.9 Å². The van der Waals surface area contributed by atoms with E-state index in [0.29, 0.717) is 11.3 Å². The van der Waals surface area contributed by atoms with Crippen molar-refractivity contribution in [3.05, 3.63) is 109 Å². The molecule has 2 heterocycles. The number of aromatic nitrogens is 4. The first-order chi connectivity index (χ1) is 18.3. The molecule has 0 aliphatic carbocycles. The molecule has 2 aromatic heterocycles. The van der Waals surface area contributed by atoms with Crippen LogP contribution in [0.15, 0.2) is 109 Å². The number of hydrogen-bond donors (Lipinski definition) is 2. The molecule has 0 aliphatic heterocycles. The molecule has 0 amide bonds. The average molecular weight is 677 g/mol. The Bertz CT molecular complexity index is 1540. The van der Waals surface area contributed by atoms with Crippen molar-refractivity contribution in [1.82, 2.24) is 19.9 Å². The molecule has 0 atom stereocenters. The van der Waals surface area contributed by atoms with Gasteiger partial charge in [0.05, 0.1) is 0 Å². The summed E-state index contributed by atoms with van der Waals surface area (Å²) in [6.45, 7) is 0. The van der Waals surface area contributed by atoms with Crippen LogP contribution in [0.3, 0.4) is 0 Å². The Labute approximate surface area is 230 Å². The molecule has 2 N–H and O–H groups in total. The van der Waals surface area contributed by atoms with Gasteiger partial charge < -0.3 is 0 Å². The molecule has 0 unspecified atom stereocenters. The molecular formula is C28H20N6Se3. The van der Waals surface area contributed by atoms with Gasteiger partial charge in [0, 0.05) is 0 Å². The predicted molar refractivity (Wildman–Crippen MR) is 155 cm³/mol. The Kier molecular flexibility index (Phi) is 7.42. The summed E-state index contributed by atoms with van der Waals surface area (Å²) >= 11 is 0.636. The van der Waals surface area contributed by atoms with Crippen LogP contribution in [-0.2, 0) is 0 Å². The zero-order valence-electron chi connectivity index (χ0n) is 19.4. The third kappa shape index (κ3) is 5.84. The summed E-state index contributed by atoms with van der Waals surface area (Å²) in [7, 11) is 0.